The molecule has 2 heterocycles. The second-order valence-electron chi connectivity index (χ2n) is 5.21. The van der Waals surface area contributed by atoms with Crippen LogP contribution in [0, 0.1) is 0 Å². The molecule has 2 rings (SSSR count). The highest BCUT2D eigenvalue weighted by molar-refractivity contribution is 5.98. The van der Waals surface area contributed by atoms with E-state index >= 15 is 0 Å². The zero-order valence-corrected chi connectivity index (χ0v) is 12.8. The summed E-state index contributed by atoms with van der Waals surface area (Å²) >= 11 is 0. The van der Waals surface area contributed by atoms with Gasteiger partial charge in [-0.25, -0.2) is 8.78 Å². The van der Waals surface area contributed by atoms with Crippen LogP contribution in [-0.2, 0) is 4.79 Å². The molecule has 1 aromatic heterocycles. The van der Waals surface area contributed by atoms with E-state index in [2.05, 4.69) is 10.3 Å². The van der Waals surface area contributed by atoms with Crippen molar-refractivity contribution in [1.82, 2.24) is 15.2 Å². The van der Waals surface area contributed by atoms with Crippen molar-refractivity contribution in [2.75, 3.05) is 19.7 Å². The predicted octanol–water partition coefficient (Wildman–Crippen LogP) is 1.47. The third-order valence-corrected chi connectivity index (χ3v) is 3.49. The third-order valence-electron chi connectivity index (χ3n) is 3.49. The van der Waals surface area contributed by atoms with Crippen LogP contribution in [0.5, 0.6) is 5.75 Å². The van der Waals surface area contributed by atoms with Crippen molar-refractivity contribution in [1.29, 1.82) is 0 Å². The first-order valence-corrected chi connectivity index (χ1v) is 7.47. The topological polar surface area (TPSA) is 71.5 Å². The minimum atomic E-state index is -2.60. The van der Waals surface area contributed by atoms with Gasteiger partial charge in [0.2, 0.25) is 5.91 Å². The summed E-state index contributed by atoms with van der Waals surface area (Å²) in [6.07, 6.45) is 1.33. The summed E-state index contributed by atoms with van der Waals surface area (Å²) in [6, 6.07) is 0.847. The van der Waals surface area contributed by atoms with Crippen molar-refractivity contribution in [3.8, 4) is 5.75 Å². The molecule has 1 N–H and O–H groups in total. The fraction of sp³-hybridized carbons (Fsp3) is 0.533. The number of alkyl halides is 2. The van der Waals surface area contributed by atoms with E-state index in [0.717, 1.165) is 6.42 Å². The maximum atomic E-state index is 12.6. The molecule has 1 aromatic rings. The Labute approximate surface area is 132 Å². The number of hydrogen-bond donors (Lipinski definition) is 1. The summed E-state index contributed by atoms with van der Waals surface area (Å²) in [5, 5.41) is 2.74. The number of rotatable bonds is 6. The van der Waals surface area contributed by atoms with Crippen molar-refractivity contribution in [3.05, 3.63) is 24.0 Å². The van der Waals surface area contributed by atoms with E-state index in [1.54, 1.807) is 0 Å². The van der Waals surface area contributed by atoms with Gasteiger partial charge in [-0.2, -0.15) is 0 Å². The Kier molecular flexibility index (Phi) is 5.84. The number of nitrogens with one attached hydrogen (secondary N) is 1. The maximum absolute atomic E-state index is 12.6. The lowest BCUT2D eigenvalue weighted by atomic mass is 10.1. The standard InChI is InChI=1S/C15H19F2N3O3/c1-2-3-12-14(21)19-4-5-20(12)15(22)10-6-11(8-18-7-10)23-9-13(16)17/h6-8,12-13H,2-5,9H2,1H3,(H,19,21). The summed E-state index contributed by atoms with van der Waals surface area (Å²) in [5.74, 6) is -0.428. The van der Waals surface area contributed by atoms with Gasteiger partial charge < -0.3 is 15.0 Å². The van der Waals surface area contributed by atoms with Gasteiger partial charge >= 0.3 is 0 Å². The molecule has 1 fully saturated rings. The molecule has 1 saturated heterocycles. The quantitative estimate of drug-likeness (QED) is 0.859. The second-order valence-corrected chi connectivity index (χ2v) is 5.21. The average Bonchev–Trinajstić information content (AvgIpc) is 2.54. The lowest BCUT2D eigenvalue weighted by molar-refractivity contribution is -0.128. The molecule has 2 amide bonds. The van der Waals surface area contributed by atoms with Gasteiger partial charge in [0.1, 0.15) is 18.4 Å². The van der Waals surface area contributed by atoms with E-state index < -0.39 is 19.1 Å². The van der Waals surface area contributed by atoms with Gasteiger partial charge in [0, 0.05) is 19.3 Å². The molecule has 0 aromatic carbocycles. The number of aromatic nitrogens is 1. The van der Waals surface area contributed by atoms with Crippen molar-refractivity contribution in [3.63, 3.8) is 0 Å². The number of hydrogen-bond acceptors (Lipinski definition) is 4. The zero-order chi connectivity index (χ0) is 16.8. The molecule has 0 aliphatic carbocycles. The molecule has 0 radical (unpaired) electrons. The van der Waals surface area contributed by atoms with Gasteiger partial charge in [0.15, 0.2) is 0 Å². The van der Waals surface area contributed by atoms with Gasteiger partial charge in [-0.05, 0) is 12.5 Å². The van der Waals surface area contributed by atoms with E-state index in [1.165, 1.54) is 23.4 Å². The Morgan fingerprint density at radius 1 is 1.52 bits per heavy atom. The number of ether oxygens (including phenoxy) is 1. The number of amides is 2. The Morgan fingerprint density at radius 3 is 3.00 bits per heavy atom. The zero-order valence-electron chi connectivity index (χ0n) is 12.8. The minimum Gasteiger partial charge on any atom is -0.486 e. The van der Waals surface area contributed by atoms with Crippen LogP contribution in [0.25, 0.3) is 0 Å². The minimum absolute atomic E-state index is 0.102. The molecule has 23 heavy (non-hydrogen) atoms. The largest absolute Gasteiger partial charge is 0.486 e. The number of carbonyl (C=O) groups is 2. The monoisotopic (exact) mass is 327 g/mol. The molecular weight excluding hydrogens is 308 g/mol. The maximum Gasteiger partial charge on any atom is 0.272 e. The Hall–Kier alpha value is -2.25. The Morgan fingerprint density at radius 2 is 2.30 bits per heavy atom. The molecule has 8 heteroatoms. The fourth-order valence-corrected chi connectivity index (χ4v) is 2.46. The SMILES string of the molecule is CCCC1C(=O)NCCN1C(=O)c1cncc(OCC(F)F)c1. The van der Waals surface area contributed by atoms with Gasteiger partial charge in [-0.15, -0.1) is 0 Å². The first-order chi connectivity index (χ1) is 11.0. The molecule has 0 saturated carbocycles. The highest BCUT2D eigenvalue weighted by Gasteiger charge is 2.32. The van der Waals surface area contributed by atoms with Gasteiger partial charge in [0.05, 0.1) is 11.8 Å². The number of nitrogens with zero attached hydrogens (tertiary/aromatic N) is 2. The molecule has 6 nitrogen and oxygen atoms in total. The lowest BCUT2D eigenvalue weighted by Gasteiger charge is -2.35. The third kappa shape index (κ3) is 4.37. The van der Waals surface area contributed by atoms with Crippen LogP contribution in [0.1, 0.15) is 30.1 Å². The van der Waals surface area contributed by atoms with Crippen LogP contribution in [0.4, 0.5) is 8.78 Å². The van der Waals surface area contributed by atoms with Crippen molar-refractivity contribution < 1.29 is 23.1 Å². The highest BCUT2D eigenvalue weighted by Crippen LogP contribution is 2.18. The number of pyridine rings is 1. The van der Waals surface area contributed by atoms with Gasteiger partial charge in [-0.1, -0.05) is 13.3 Å². The molecule has 1 unspecified atom stereocenters. The van der Waals surface area contributed by atoms with Gasteiger partial charge in [0.25, 0.3) is 12.3 Å². The first kappa shape index (κ1) is 17.1. The summed E-state index contributed by atoms with van der Waals surface area (Å²) in [5.41, 5.74) is 0.215. The van der Waals surface area contributed by atoms with Crippen molar-refractivity contribution in [2.24, 2.45) is 0 Å². The van der Waals surface area contributed by atoms with Crippen LogP contribution in [0.2, 0.25) is 0 Å². The molecule has 126 valence electrons. The molecular formula is C15H19F2N3O3. The highest BCUT2D eigenvalue weighted by atomic mass is 19.3. The molecule has 0 bridgehead atoms. The van der Waals surface area contributed by atoms with Crippen molar-refractivity contribution in [2.45, 2.75) is 32.2 Å². The van der Waals surface area contributed by atoms with Crippen LogP contribution >= 0.6 is 0 Å². The smallest absolute Gasteiger partial charge is 0.272 e. The number of carbonyl (C=O) groups excluding carboxylic acids is 2. The van der Waals surface area contributed by atoms with Crippen LogP contribution in [0.3, 0.4) is 0 Å². The van der Waals surface area contributed by atoms with Gasteiger partial charge in [-0.3, -0.25) is 14.6 Å². The summed E-state index contributed by atoms with van der Waals surface area (Å²) in [7, 11) is 0. The summed E-state index contributed by atoms with van der Waals surface area (Å²) in [6.45, 7) is 1.96. The first-order valence-electron chi connectivity index (χ1n) is 7.47. The van der Waals surface area contributed by atoms with Crippen LogP contribution in [0.15, 0.2) is 18.5 Å². The Balaban J connectivity index is 2.14. The molecule has 1 atom stereocenters. The lowest BCUT2D eigenvalue weighted by Crippen LogP contribution is -2.57. The van der Waals surface area contributed by atoms with Crippen LogP contribution < -0.4 is 10.1 Å². The second kappa shape index (κ2) is 7.85. The van der Waals surface area contributed by atoms with E-state index in [4.69, 9.17) is 4.74 Å². The fourth-order valence-electron chi connectivity index (χ4n) is 2.46. The molecule has 0 spiro atoms. The van der Waals surface area contributed by atoms with E-state index in [-0.39, 0.29) is 23.1 Å². The van der Waals surface area contributed by atoms with Crippen molar-refractivity contribution >= 4 is 11.8 Å². The predicted molar refractivity (Wildman–Crippen MR) is 78.5 cm³/mol. The van der Waals surface area contributed by atoms with E-state index in [0.29, 0.717) is 19.5 Å². The van der Waals surface area contributed by atoms with E-state index in [1.807, 2.05) is 6.92 Å². The molecule has 1 aliphatic heterocycles. The molecule has 1 aliphatic rings. The number of piperazine rings is 1. The Bertz CT molecular complexity index is 569. The number of halogens is 2. The van der Waals surface area contributed by atoms with E-state index in [9.17, 15) is 18.4 Å². The average molecular weight is 327 g/mol. The summed E-state index contributed by atoms with van der Waals surface area (Å²) < 4.78 is 29.2. The van der Waals surface area contributed by atoms with Crippen LogP contribution in [-0.4, -0.2) is 53.9 Å². The normalized spacial score (nSPS) is 18.0. The summed E-state index contributed by atoms with van der Waals surface area (Å²) in [4.78, 5) is 29.9.